The topological polar surface area (TPSA) is 57.7 Å². The first kappa shape index (κ1) is 14.6. The van der Waals surface area contributed by atoms with Crippen LogP contribution in [0.4, 0.5) is 5.82 Å². The first-order chi connectivity index (χ1) is 9.74. The molecule has 1 aliphatic rings. The van der Waals surface area contributed by atoms with Crippen molar-refractivity contribution in [1.82, 2.24) is 15.2 Å². The van der Waals surface area contributed by atoms with E-state index in [9.17, 15) is 4.79 Å². The van der Waals surface area contributed by atoms with Crippen molar-refractivity contribution in [2.45, 2.75) is 6.92 Å². The minimum atomic E-state index is 0.156. The van der Waals surface area contributed by atoms with Crippen LogP contribution in [0.5, 0.6) is 5.88 Å². The number of amides is 1. The molecule has 1 aliphatic heterocycles. The number of piperazine rings is 1. The second kappa shape index (κ2) is 7.09. The molecule has 0 aromatic carbocycles. The minimum Gasteiger partial charge on any atom is -0.478 e. The molecule has 0 radical (unpaired) electrons. The number of nitrogens with one attached hydrogen (secondary N) is 1. The monoisotopic (exact) mass is 278 g/mol. The van der Waals surface area contributed by atoms with Crippen LogP contribution in [0.1, 0.15) is 6.92 Å². The Morgan fingerprint density at radius 3 is 2.75 bits per heavy atom. The Balaban J connectivity index is 1.93. The SMILES string of the molecule is CCOc1cccc(N2CCN(C(=O)CNC)CC2)n1. The van der Waals surface area contributed by atoms with E-state index in [1.165, 1.54) is 0 Å². The molecule has 0 saturated carbocycles. The van der Waals surface area contributed by atoms with Gasteiger partial charge in [0.2, 0.25) is 11.8 Å². The summed E-state index contributed by atoms with van der Waals surface area (Å²) in [7, 11) is 1.79. The maximum atomic E-state index is 11.8. The summed E-state index contributed by atoms with van der Waals surface area (Å²) in [6, 6.07) is 5.79. The van der Waals surface area contributed by atoms with Gasteiger partial charge in [-0.05, 0) is 20.0 Å². The molecule has 1 N–H and O–H groups in total. The predicted molar refractivity (Wildman–Crippen MR) is 78.1 cm³/mol. The van der Waals surface area contributed by atoms with Crippen LogP contribution >= 0.6 is 0 Å². The molecule has 1 amide bonds. The standard InChI is InChI=1S/C14H22N4O2/c1-3-20-13-6-4-5-12(16-13)17-7-9-18(10-8-17)14(19)11-15-2/h4-6,15H,3,7-11H2,1-2H3. The second-order valence-electron chi connectivity index (χ2n) is 4.67. The van der Waals surface area contributed by atoms with Crippen LogP contribution in [0.3, 0.4) is 0 Å². The lowest BCUT2D eigenvalue weighted by Crippen LogP contribution is -2.50. The van der Waals surface area contributed by atoms with E-state index in [2.05, 4.69) is 15.2 Å². The van der Waals surface area contributed by atoms with Crippen LogP contribution in [0.2, 0.25) is 0 Å². The highest BCUT2D eigenvalue weighted by molar-refractivity contribution is 5.78. The molecule has 6 heteroatoms. The third-order valence-electron chi connectivity index (χ3n) is 3.29. The normalized spacial score (nSPS) is 15.3. The maximum Gasteiger partial charge on any atom is 0.236 e. The number of carbonyl (C=O) groups excluding carboxylic acids is 1. The molecule has 0 spiro atoms. The Morgan fingerprint density at radius 2 is 2.10 bits per heavy atom. The summed E-state index contributed by atoms with van der Waals surface area (Å²) < 4.78 is 5.42. The van der Waals surface area contributed by atoms with Crippen molar-refractivity contribution >= 4 is 11.7 Å². The Labute approximate surface area is 119 Å². The molecule has 1 saturated heterocycles. The van der Waals surface area contributed by atoms with Gasteiger partial charge in [0, 0.05) is 32.2 Å². The van der Waals surface area contributed by atoms with Gasteiger partial charge in [-0.3, -0.25) is 4.79 Å². The molecule has 2 heterocycles. The van der Waals surface area contributed by atoms with E-state index in [1.807, 2.05) is 30.0 Å². The molecule has 1 aromatic rings. The average Bonchev–Trinajstić information content (AvgIpc) is 2.48. The zero-order valence-corrected chi connectivity index (χ0v) is 12.1. The van der Waals surface area contributed by atoms with E-state index in [-0.39, 0.29) is 5.91 Å². The smallest absolute Gasteiger partial charge is 0.236 e. The molecule has 20 heavy (non-hydrogen) atoms. The van der Waals surface area contributed by atoms with Crippen molar-refractivity contribution in [3.63, 3.8) is 0 Å². The van der Waals surface area contributed by atoms with Crippen LogP contribution in [-0.2, 0) is 4.79 Å². The first-order valence-corrected chi connectivity index (χ1v) is 7.01. The zero-order valence-electron chi connectivity index (χ0n) is 12.1. The molecule has 0 bridgehead atoms. The largest absolute Gasteiger partial charge is 0.478 e. The third kappa shape index (κ3) is 3.60. The van der Waals surface area contributed by atoms with Gasteiger partial charge >= 0.3 is 0 Å². The van der Waals surface area contributed by atoms with Gasteiger partial charge in [-0.1, -0.05) is 6.07 Å². The van der Waals surface area contributed by atoms with Crippen LogP contribution < -0.4 is 15.0 Å². The van der Waals surface area contributed by atoms with Gasteiger partial charge in [-0.15, -0.1) is 0 Å². The second-order valence-corrected chi connectivity index (χ2v) is 4.67. The van der Waals surface area contributed by atoms with Crippen molar-refractivity contribution in [2.75, 3.05) is 51.3 Å². The van der Waals surface area contributed by atoms with Gasteiger partial charge in [0.25, 0.3) is 0 Å². The molecular formula is C14H22N4O2. The van der Waals surface area contributed by atoms with Crippen LogP contribution in [-0.4, -0.2) is 62.2 Å². The first-order valence-electron chi connectivity index (χ1n) is 7.01. The summed E-state index contributed by atoms with van der Waals surface area (Å²) in [6.07, 6.45) is 0. The summed E-state index contributed by atoms with van der Waals surface area (Å²) in [4.78, 5) is 20.3. The lowest BCUT2D eigenvalue weighted by Gasteiger charge is -2.35. The Morgan fingerprint density at radius 1 is 1.35 bits per heavy atom. The third-order valence-corrected chi connectivity index (χ3v) is 3.29. The number of hydrogen-bond acceptors (Lipinski definition) is 5. The van der Waals surface area contributed by atoms with Crippen LogP contribution in [0.25, 0.3) is 0 Å². The highest BCUT2D eigenvalue weighted by Gasteiger charge is 2.21. The van der Waals surface area contributed by atoms with Crippen LogP contribution in [0, 0.1) is 0 Å². The summed E-state index contributed by atoms with van der Waals surface area (Å²) >= 11 is 0. The molecule has 0 aliphatic carbocycles. The minimum absolute atomic E-state index is 0.156. The Bertz CT molecular complexity index is 445. The zero-order chi connectivity index (χ0) is 14.4. The number of aromatic nitrogens is 1. The number of rotatable bonds is 5. The fraction of sp³-hybridized carbons (Fsp3) is 0.571. The molecule has 1 fully saturated rings. The molecular weight excluding hydrogens is 256 g/mol. The van der Waals surface area contributed by atoms with E-state index >= 15 is 0 Å². The van der Waals surface area contributed by atoms with E-state index in [1.54, 1.807) is 7.05 Å². The van der Waals surface area contributed by atoms with E-state index in [0.29, 0.717) is 19.0 Å². The molecule has 1 aromatic heterocycles. The van der Waals surface area contributed by atoms with Crippen LogP contribution in [0.15, 0.2) is 18.2 Å². The summed E-state index contributed by atoms with van der Waals surface area (Å²) in [5.74, 6) is 1.72. The Hall–Kier alpha value is -1.82. The van der Waals surface area contributed by atoms with Crippen molar-refractivity contribution in [3.05, 3.63) is 18.2 Å². The van der Waals surface area contributed by atoms with Crippen molar-refractivity contribution in [2.24, 2.45) is 0 Å². The number of ether oxygens (including phenoxy) is 1. The highest BCUT2D eigenvalue weighted by atomic mass is 16.5. The van der Waals surface area contributed by atoms with Gasteiger partial charge < -0.3 is 19.9 Å². The van der Waals surface area contributed by atoms with Gasteiger partial charge in [0.05, 0.1) is 13.2 Å². The number of anilines is 1. The van der Waals surface area contributed by atoms with Crippen molar-refractivity contribution in [1.29, 1.82) is 0 Å². The quantitative estimate of drug-likeness (QED) is 0.842. The van der Waals surface area contributed by atoms with E-state index in [4.69, 9.17) is 4.74 Å². The summed E-state index contributed by atoms with van der Waals surface area (Å²) in [6.45, 7) is 6.04. The van der Waals surface area contributed by atoms with Crippen molar-refractivity contribution in [3.8, 4) is 5.88 Å². The molecule has 2 rings (SSSR count). The molecule has 110 valence electrons. The summed E-state index contributed by atoms with van der Waals surface area (Å²) in [5.41, 5.74) is 0. The number of hydrogen-bond donors (Lipinski definition) is 1. The van der Waals surface area contributed by atoms with E-state index in [0.717, 1.165) is 32.0 Å². The van der Waals surface area contributed by atoms with Gasteiger partial charge in [-0.2, -0.15) is 4.98 Å². The number of nitrogens with zero attached hydrogens (tertiary/aromatic N) is 3. The van der Waals surface area contributed by atoms with Gasteiger partial charge in [0.1, 0.15) is 5.82 Å². The average molecular weight is 278 g/mol. The van der Waals surface area contributed by atoms with Gasteiger partial charge in [0.15, 0.2) is 0 Å². The summed E-state index contributed by atoms with van der Waals surface area (Å²) in [5, 5.41) is 2.90. The fourth-order valence-corrected chi connectivity index (χ4v) is 2.26. The Kier molecular flexibility index (Phi) is 5.17. The fourth-order valence-electron chi connectivity index (χ4n) is 2.26. The lowest BCUT2D eigenvalue weighted by atomic mass is 10.3. The van der Waals surface area contributed by atoms with E-state index < -0.39 is 0 Å². The highest BCUT2D eigenvalue weighted by Crippen LogP contribution is 2.17. The van der Waals surface area contributed by atoms with Crippen molar-refractivity contribution < 1.29 is 9.53 Å². The maximum absolute atomic E-state index is 11.8. The van der Waals surface area contributed by atoms with Gasteiger partial charge in [-0.25, -0.2) is 0 Å². The number of carbonyl (C=O) groups is 1. The number of pyridine rings is 1. The lowest BCUT2D eigenvalue weighted by molar-refractivity contribution is -0.130. The number of likely N-dealkylation sites (N-methyl/N-ethyl adjacent to an activating group) is 1. The molecule has 0 unspecified atom stereocenters. The molecule has 0 atom stereocenters. The molecule has 6 nitrogen and oxygen atoms in total. The predicted octanol–water partition coefficient (Wildman–Crippen LogP) is 0.348.